The van der Waals surface area contributed by atoms with E-state index in [1.54, 1.807) is 0 Å². The second-order valence-electron chi connectivity index (χ2n) is 5.76. The van der Waals surface area contributed by atoms with Crippen molar-refractivity contribution in [2.75, 3.05) is 5.32 Å². The van der Waals surface area contributed by atoms with Gasteiger partial charge in [0, 0.05) is 57.3 Å². The van der Waals surface area contributed by atoms with E-state index in [0.29, 0.717) is 13.0 Å². The number of carbonyl (C=O) groups is 1. The minimum Gasteiger partial charge on any atom is -0.361 e. The smallest absolute Gasteiger partial charge is 0.226 e. The molecule has 4 nitrogen and oxygen atoms in total. The molecule has 120 valence electrons. The summed E-state index contributed by atoms with van der Waals surface area (Å²) in [5.41, 5.74) is 3.02. The first-order valence-corrected chi connectivity index (χ1v) is 8.60. The van der Waals surface area contributed by atoms with E-state index >= 15 is 0 Å². The topological polar surface area (TPSA) is 49.8 Å². The van der Waals surface area contributed by atoms with Crippen molar-refractivity contribution < 1.29 is 4.79 Å². The van der Waals surface area contributed by atoms with Gasteiger partial charge in [0.05, 0.1) is 0 Å². The third kappa shape index (κ3) is 2.83. The highest BCUT2D eigenvalue weighted by molar-refractivity contribution is 9.10. The molecule has 0 spiro atoms. The number of amides is 1. The summed E-state index contributed by atoms with van der Waals surface area (Å²) in [6, 6.07) is 16.0. The standard InChI is InChI=1S/C19H16BrN3O/c20-16-2-1-3-18-15(16)7-10-23(18)11-8-19(24)22-14-4-5-17-13(12-14)6-9-21-17/h1-7,9-10,12,21H,8,11H2,(H,22,24). The number of aromatic nitrogens is 2. The molecule has 0 aliphatic heterocycles. The van der Waals surface area contributed by atoms with E-state index in [0.717, 1.165) is 32.0 Å². The van der Waals surface area contributed by atoms with Crippen LogP contribution >= 0.6 is 15.9 Å². The zero-order chi connectivity index (χ0) is 16.5. The molecular weight excluding hydrogens is 366 g/mol. The number of hydrogen-bond donors (Lipinski definition) is 2. The third-order valence-corrected chi connectivity index (χ3v) is 4.87. The van der Waals surface area contributed by atoms with Gasteiger partial charge in [-0.2, -0.15) is 0 Å². The zero-order valence-corrected chi connectivity index (χ0v) is 14.5. The van der Waals surface area contributed by atoms with Gasteiger partial charge < -0.3 is 14.9 Å². The first kappa shape index (κ1) is 15.0. The number of H-pyrrole nitrogens is 1. The molecule has 5 heteroatoms. The fourth-order valence-corrected chi connectivity index (χ4v) is 3.45. The number of carbonyl (C=O) groups excluding carboxylic acids is 1. The Labute approximate surface area is 147 Å². The minimum absolute atomic E-state index is 0.0155. The molecular formula is C19H16BrN3O. The lowest BCUT2D eigenvalue weighted by atomic mass is 10.2. The molecule has 2 N–H and O–H groups in total. The van der Waals surface area contributed by atoms with Crippen LogP contribution in [0.1, 0.15) is 6.42 Å². The van der Waals surface area contributed by atoms with Gasteiger partial charge in [0.15, 0.2) is 0 Å². The number of benzene rings is 2. The average molecular weight is 382 g/mol. The quantitative estimate of drug-likeness (QED) is 0.518. The Hall–Kier alpha value is -2.53. The number of fused-ring (bicyclic) bond motifs is 2. The maximum atomic E-state index is 12.2. The van der Waals surface area contributed by atoms with E-state index in [1.165, 1.54) is 0 Å². The van der Waals surface area contributed by atoms with E-state index in [2.05, 4.69) is 42.9 Å². The van der Waals surface area contributed by atoms with Crippen LogP contribution in [0.15, 0.2) is 65.4 Å². The van der Waals surface area contributed by atoms with Gasteiger partial charge in [0.25, 0.3) is 0 Å². The van der Waals surface area contributed by atoms with Gasteiger partial charge >= 0.3 is 0 Å². The van der Waals surface area contributed by atoms with E-state index in [1.807, 2.05) is 48.8 Å². The lowest BCUT2D eigenvalue weighted by Crippen LogP contribution is -2.14. The molecule has 0 radical (unpaired) electrons. The summed E-state index contributed by atoms with van der Waals surface area (Å²) >= 11 is 3.56. The summed E-state index contributed by atoms with van der Waals surface area (Å²) in [6.07, 6.45) is 4.35. The second kappa shape index (κ2) is 6.17. The Kier molecular flexibility index (Phi) is 3.86. The van der Waals surface area contributed by atoms with E-state index < -0.39 is 0 Å². The molecule has 0 aliphatic rings. The average Bonchev–Trinajstić information content (AvgIpc) is 3.20. The molecule has 0 fully saturated rings. The van der Waals surface area contributed by atoms with Gasteiger partial charge in [-0.3, -0.25) is 4.79 Å². The molecule has 24 heavy (non-hydrogen) atoms. The molecule has 0 bridgehead atoms. The highest BCUT2D eigenvalue weighted by Gasteiger charge is 2.07. The van der Waals surface area contributed by atoms with Crippen molar-refractivity contribution in [2.24, 2.45) is 0 Å². The number of hydrogen-bond acceptors (Lipinski definition) is 1. The predicted molar refractivity (Wildman–Crippen MR) is 101 cm³/mol. The molecule has 0 aliphatic carbocycles. The van der Waals surface area contributed by atoms with Gasteiger partial charge in [-0.25, -0.2) is 0 Å². The van der Waals surface area contributed by atoms with Crippen LogP contribution in [0.4, 0.5) is 5.69 Å². The lowest BCUT2D eigenvalue weighted by molar-refractivity contribution is -0.116. The number of nitrogens with zero attached hydrogens (tertiary/aromatic N) is 1. The molecule has 2 aromatic heterocycles. The maximum Gasteiger partial charge on any atom is 0.226 e. The van der Waals surface area contributed by atoms with Crippen LogP contribution < -0.4 is 5.32 Å². The first-order chi connectivity index (χ1) is 11.7. The molecule has 4 rings (SSSR count). The highest BCUT2D eigenvalue weighted by atomic mass is 79.9. The Morgan fingerprint density at radius 1 is 1.17 bits per heavy atom. The van der Waals surface area contributed by atoms with Crippen LogP contribution in [0, 0.1) is 0 Å². The van der Waals surface area contributed by atoms with Crippen LogP contribution in [-0.4, -0.2) is 15.5 Å². The largest absolute Gasteiger partial charge is 0.361 e. The van der Waals surface area contributed by atoms with Crippen molar-refractivity contribution in [3.8, 4) is 0 Å². The second-order valence-corrected chi connectivity index (χ2v) is 6.61. The molecule has 4 aromatic rings. The molecule has 0 saturated heterocycles. The Balaban J connectivity index is 1.45. The van der Waals surface area contributed by atoms with E-state index in [4.69, 9.17) is 0 Å². The van der Waals surface area contributed by atoms with Gasteiger partial charge in [-0.15, -0.1) is 0 Å². The van der Waals surface area contributed by atoms with E-state index in [-0.39, 0.29) is 5.91 Å². The Morgan fingerprint density at radius 2 is 2.08 bits per heavy atom. The maximum absolute atomic E-state index is 12.2. The van der Waals surface area contributed by atoms with Crippen molar-refractivity contribution >= 4 is 49.3 Å². The number of anilines is 1. The molecule has 2 aromatic carbocycles. The van der Waals surface area contributed by atoms with Gasteiger partial charge in [0.2, 0.25) is 5.91 Å². The van der Waals surface area contributed by atoms with Crippen molar-refractivity contribution in [2.45, 2.75) is 13.0 Å². The van der Waals surface area contributed by atoms with Crippen molar-refractivity contribution in [3.05, 3.63) is 65.4 Å². The van der Waals surface area contributed by atoms with Crippen LogP contribution in [0.25, 0.3) is 21.8 Å². The van der Waals surface area contributed by atoms with Gasteiger partial charge in [0.1, 0.15) is 0 Å². The minimum atomic E-state index is 0.0155. The van der Waals surface area contributed by atoms with Gasteiger partial charge in [-0.1, -0.05) is 22.0 Å². The van der Waals surface area contributed by atoms with Crippen LogP contribution in [0.2, 0.25) is 0 Å². The zero-order valence-electron chi connectivity index (χ0n) is 12.9. The highest BCUT2D eigenvalue weighted by Crippen LogP contribution is 2.25. The normalized spacial score (nSPS) is 11.2. The monoisotopic (exact) mass is 381 g/mol. The predicted octanol–water partition coefficient (Wildman–Crippen LogP) is 4.91. The van der Waals surface area contributed by atoms with Crippen LogP contribution in [-0.2, 0) is 11.3 Å². The Bertz CT molecular complexity index is 1030. The molecule has 1 amide bonds. The molecule has 0 atom stereocenters. The van der Waals surface area contributed by atoms with Crippen LogP contribution in [0.5, 0.6) is 0 Å². The van der Waals surface area contributed by atoms with Crippen LogP contribution in [0.3, 0.4) is 0 Å². The summed E-state index contributed by atoms with van der Waals surface area (Å²) in [6.45, 7) is 0.651. The Morgan fingerprint density at radius 3 is 3.00 bits per heavy atom. The fourth-order valence-electron chi connectivity index (χ4n) is 2.96. The molecule has 2 heterocycles. The van der Waals surface area contributed by atoms with Crippen molar-refractivity contribution in [3.63, 3.8) is 0 Å². The number of aryl methyl sites for hydroxylation is 1. The molecule has 0 unspecified atom stereocenters. The first-order valence-electron chi connectivity index (χ1n) is 7.81. The number of aromatic amines is 1. The van der Waals surface area contributed by atoms with Crippen molar-refractivity contribution in [1.29, 1.82) is 0 Å². The fraction of sp³-hybridized carbons (Fsp3) is 0.105. The molecule has 0 saturated carbocycles. The number of rotatable bonds is 4. The summed E-state index contributed by atoms with van der Waals surface area (Å²) in [7, 11) is 0. The lowest BCUT2D eigenvalue weighted by Gasteiger charge is -2.08. The summed E-state index contributed by atoms with van der Waals surface area (Å²) < 4.78 is 3.18. The SMILES string of the molecule is O=C(CCn1ccc2c(Br)cccc21)Nc1ccc2[nH]ccc2c1. The number of halogens is 1. The summed E-state index contributed by atoms with van der Waals surface area (Å²) in [5, 5.41) is 5.22. The van der Waals surface area contributed by atoms with Crippen molar-refractivity contribution in [1.82, 2.24) is 9.55 Å². The number of nitrogens with one attached hydrogen (secondary N) is 2. The summed E-state index contributed by atoms with van der Waals surface area (Å²) in [5.74, 6) is 0.0155. The summed E-state index contributed by atoms with van der Waals surface area (Å²) in [4.78, 5) is 15.4. The third-order valence-electron chi connectivity index (χ3n) is 4.18. The van der Waals surface area contributed by atoms with E-state index in [9.17, 15) is 4.79 Å². The van der Waals surface area contributed by atoms with Gasteiger partial charge in [-0.05, 0) is 42.5 Å².